The Labute approximate surface area is 110 Å². The van der Waals surface area contributed by atoms with Gasteiger partial charge in [0.05, 0.1) is 8.07 Å². The molecule has 0 bridgehead atoms. The standard InChI is InChI=1S/C16H32Si/c1-13-5-9-15(10-6-13)17(3,4)16-11-7-14(2)8-12-16/h13-16H,5-12H2,1-4H3. The normalized spacial score (nSPS) is 40.2. The molecule has 0 aliphatic heterocycles. The molecule has 0 saturated heterocycles. The summed E-state index contributed by atoms with van der Waals surface area (Å²) in [6.07, 6.45) is 12.3. The van der Waals surface area contributed by atoms with Gasteiger partial charge < -0.3 is 0 Å². The Kier molecular flexibility index (Phi) is 4.38. The maximum atomic E-state index is 2.72. The van der Waals surface area contributed by atoms with Crippen LogP contribution >= 0.6 is 0 Å². The van der Waals surface area contributed by atoms with Gasteiger partial charge in [0.2, 0.25) is 0 Å². The second-order valence-electron chi connectivity index (χ2n) is 7.73. The van der Waals surface area contributed by atoms with Gasteiger partial charge in [-0.3, -0.25) is 0 Å². The molecule has 2 fully saturated rings. The SMILES string of the molecule is CC1CCC([Si](C)(C)C2CCC(C)CC2)CC1. The van der Waals surface area contributed by atoms with Crippen molar-refractivity contribution >= 4 is 8.07 Å². The van der Waals surface area contributed by atoms with Crippen molar-refractivity contribution in [2.75, 3.05) is 0 Å². The predicted octanol–water partition coefficient (Wildman–Crippen LogP) is 5.86. The van der Waals surface area contributed by atoms with E-state index in [1.54, 1.807) is 25.7 Å². The molecule has 0 nitrogen and oxygen atoms in total. The summed E-state index contributed by atoms with van der Waals surface area (Å²) in [5, 5.41) is 0. The molecule has 0 amide bonds. The fraction of sp³-hybridized carbons (Fsp3) is 1.00. The average molecular weight is 253 g/mol. The first-order chi connectivity index (χ1) is 8.00. The zero-order valence-electron chi connectivity index (χ0n) is 12.5. The van der Waals surface area contributed by atoms with E-state index in [0.29, 0.717) is 0 Å². The van der Waals surface area contributed by atoms with Crippen LogP contribution in [-0.4, -0.2) is 8.07 Å². The molecule has 2 saturated carbocycles. The average Bonchev–Trinajstić information content (AvgIpc) is 2.30. The lowest BCUT2D eigenvalue weighted by Gasteiger charge is -2.45. The molecule has 0 atom stereocenters. The molecule has 0 radical (unpaired) electrons. The zero-order valence-corrected chi connectivity index (χ0v) is 13.5. The molecular weight excluding hydrogens is 220 g/mol. The van der Waals surface area contributed by atoms with E-state index < -0.39 is 8.07 Å². The van der Waals surface area contributed by atoms with E-state index in [-0.39, 0.29) is 0 Å². The van der Waals surface area contributed by atoms with E-state index >= 15 is 0 Å². The third-order valence-corrected chi connectivity index (χ3v) is 11.5. The summed E-state index contributed by atoms with van der Waals surface area (Å²) in [6.45, 7) is 10.3. The third-order valence-electron chi connectivity index (χ3n) is 6.14. The molecule has 0 unspecified atom stereocenters. The van der Waals surface area contributed by atoms with Gasteiger partial charge in [0.15, 0.2) is 0 Å². The molecule has 0 aromatic heterocycles. The fourth-order valence-electron chi connectivity index (χ4n) is 4.34. The maximum Gasteiger partial charge on any atom is 0.0535 e. The molecule has 1 heteroatoms. The molecule has 2 aliphatic rings. The minimum Gasteiger partial charge on any atom is -0.0689 e. The largest absolute Gasteiger partial charge is 0.0689 e. The van der Waals surface area contributed by atoms with Crippen LogP contribution < -0.4 is 0 Å². The summed E-state index contributed by atoms with van der Waals surface area (Å²) in [5.41, 5.74) is 2.30. The number of hydrogen-bond donors (Lipinski definition) is 0. The quantitative estimate of drug-likeness (QED) is 0.540. The van der Waals surface area contributed by atoms with Gasteiger partial charge in [0.1, 0.15) is 0 Å². The second kappa shape index (κ2) is 5.46. The van der Waals surface area contributed by atoms with Crippen LogP contribution in [0.3, 0.4) is 0 Å². The van der Waals surface area contributed by atoms with E-state index in [0.717, 1.165) is 22.9 Å². The van der Waals surface area contributed by atoms with Crippen LogP contribution in [0.2, 0.25) is 24.2 Å². The lowest BCUT2D eigenvalue weighted by molar-refractivity contribution is 0.354. The molecule has 0 aromatic rings. The van der Waals surface area contributed by atoms with Gasteiger partial charge in [-0.05, 0) is 22.9 Å². The molecule has 0 heterocycles. The van der Waals surface area contributed by atoms with E-state index in [1.807, 2.05) is 0 Å². The molecule has 0 spiro atoms. The van der Waals surface area contributed by atoms with Crippen molar-refractivity contribution in [2.24, 2.45) is 11.8 Å². The molecule has 17 heavy (non-hydrogen) atoms. The Bertz CT molecular complexity index is 206. The van der Waals surface area contributed by atoms with E-state index in [2.05, 4.69) is 26.9 Å². The number of rotatable bonds is 2. The Balaban J connectivity index is 1.93. The van der Waals surface area contributed by atoms with Crippen LogP contribution in [0.5, 0.6) is 0 Å². The fourth-order valence-corrected chi connectivity index (χ4v) is 8.65. The van der Waals surface area contributed by atoms with Crippen LogP contribution in [0.15, 0.2) is 0 Å². The Hall–Kier alpha value is 0.217. The minimum absolute atomic E-state index is 0.961. The van der Waals surface area contributed by atoms with Gasteiger partial charge >= 0.3 is 0 Å². The Morgan fingerprint density at radius 1 is 0.588 bits per heavy atom. The first kappa shape index (κ1) is 13.6. The van der Waals surface area contributed by atoms with Gasteiger partial charge in [0, 0.05) is 0 Å². The van der Waals surface area contributed by atoms with Crippen molar-refractivity contribution in [1.29, 1.82) is 0 Å². The highest BCUT2D eigenvalue weighted by molar-refractivity contribution is 6.80. The zero-order chi connectivity index (χ0) is 12.5. The molecule has 0 aromatic carbocycles. The molecule has 0 N–H and O–H groups in total. The van der Waals surface area contributed by atoms with Gasteiger partial charge in [-0.1, -0.05) is 78.3 Å². The van der Waals surface area contributed by atoms with Gasteiger partial charge in [0.25, 0.3) is 0 Å². The third kappa shape index (κ3) is 3.16. The summed E-state index contributed by atoms with van der Waals surface area (Å²) < 4.78 is 0. The predicted molar refractivity (Wildman–Crippen MR) is 80.2 cm³/mol. The van der Waals surface area contributed by atoms with Crippen molar-refractivity contribution in [1.82, 2.24) is 0 Å². The summed E-state index contributed by atoms with van der Waals surface area (Å²) in [7, 11) is -0.961. The van der Waals surface area contributed by atoms with Crippen molar-refractivity contribution in [3.8, 4) is 0 Å². The monoisotopic (exact) mass is 252 g/mol. The van der Waals surface area contributed by atoms with Gasteiger partial charge in [-0.2, -0.15) is 0 Å². The highest BCUT2D eigenvalue weighted by Crippen LogP contribution is 2.49. The lowest BCUT2D eigenvalue weighted by atomic mass is 9.90. The van der Waals surface area contributed by atoms with Crippen molar-refractivity contribution in [3.05, 3.63) is 0 Å². The van der Waals surface area contributed by atoms with Crippen molar-refractivity contribution < 1.29 is 0 Å². The van der Waals surface area contributed by atoms with Crippen LogP contribution in [0.1, 0.15) is 65.2 Å². The van der Waals surface area contributed by atoms with Gasteiger partial charge in [-0.25, -0.2) is 0 Å². The first-order valence-corrected chi connectivity index (χ1v) is 11.2. The molecule has 2 aliphatic carbocycles. The highest BCUT2D eigenvalue weighted by atomic mass is 28.3. The van der Waals surface area contributed by atoms with Crippen molar-refractivity contribution in [2.45, 2.75) is 89.4 Å². The Morgan fingerprint density at radius 2 is 0.882 bits per heavy atom. The lowest BCUT2D eigenvalue weighted by Crippen LogP contribution is -2.41. The van der Waals surface area contributed by atoms with E-state index in [9.17, 15) is 0 Å². The van der Waals surface area contributed by atoms with Crippen molar-refractivity contribution in [3.63, 3.8) is 0 Å². The molecule has 2 rings (SSSR count). The topological polar surface area (TPSA) is 0 Å². The summed E-state index contributed by atoms with van der Waals surface area (Å²) in [6, 6.07) is 0. The van der Waals surface area contributed by atoms with Gasteiger partial charge in [-0.15, -0.1) is 0 Å². The minimum atomic E-state index is -0.961. The molecular formula is C16H32Si. The van der Waals surface area contributed by atoms with Crippen LogP contribution in [-0.2, 0) is 0 Å². The van der Waals surface area contributed by atoms with Crippen LogP contribution in [0, 0.1) is 11.8 Å². The van der Waals surface area contributed by atoms with E-state index in [4.69, 9.17) is 0 Å². The smallest absolute Gasteiger partial charge is 0.0535 e. The Morgan fingerprint density at radius 3 is 1.18 bits per heavy atom. The van der Waals surface area contributed by atoms with E-state index in [1.165, 1.54) is 25.7 Å². The maximum absolute atomic E-state index is 2.72. The summed E-state index contributed by atoms with van der Waals surface area (Å²) >= 11 is 0. The van der Waals surface area contributed by atoms with Crippen LogP contribution in [0.4, 0.5) is 0 Å². The summed E-state index contributed by atoms with van der Waals surface area (Å²) in [4.78, 5) is 0. The molecule has 100 valence electrons. The second-order valence-corrected chi connectivity index (χ2v) is 13.0. The summed E-state index contributed by atoms with van der Waals surface area (Å²) in [5.74, 6) is 2.03. The first-order valence-electron chi connectivity index (χ1n) is 8.00. The van der Waals surface area contributed by atoms with Crippen LogP contribution in [0.25, 0.3) is 0 Å². The number of hydrogen-bond acceptors (Lipinski definition) is 0. The highest BCUT2D eigenvalue weighted by Gasteiger charge is 2.41.